The average Bonchev–Trinajstić information content (AvgIpc) is 3.14. The van der Waals surface area contributed by atoms with E-state index in [4.69, 9.17) is 0 Å². The number of nitrogens with one attached hydrogen (secondary N) is 1. The number of amides is 2. The van der Waals surface area contributed by atoms with Gasteiger partial charge in [0.2, 0.25) is 5.91 Å². The molecule has 2 amide bonds. The first-order chi connectivity index (χ1) is 15.5. The molecule has 0 aliphatic rings. The number of fused-ring (bicyclic) bond motifs is 1. The summed E-state index contributed by atoms with van der Waals surface area (Å²) in [4.78, 5) is 31.6. The molecule has 0 bridgehead atoms. The molecule has 1 N–H and O–H groups in total. The lowest BCUT2D eigenvalue weighted by atomic mass is 10.1. The normalized spacial score (nSPS) is 10.8. The third-order valence-electron chi connectivity index (χ3n) is 5.48. The fourth-order valence-corrected chi connectivity index (χ4v) is 3.88. The predicted octanol–water partition coefficient (Wildman–Crippen LogP) is 4.61. The Labute approximate surface area is 187 Å². The number of carbonyl (C=O) groups is 2. The van der Waals surface area contributed by atoms with Gasteiger partial charge in [-0.2, -0.15) is 0 Å². The Morgan fingerprint density at radius 3 is 2.47 bits per heavy atom. The number of nitrogens with zero attached hydrogens (tertiary/aromatic N) is 3. The van der Waals surface area contributed by atoms with Crippen LogP contribution in [0, 0.1) is 6.92 Å². The van der Waals surface area contributed by atoms with Crippen LogP contribution in [0.15, 0.2) is 72.8 Å². The number of imidazole rings is 1. The summed E-state index contributed by atoms with van der Waals surface area (Å²) in [6.07, 6.45) is 0.820. The van der Waals surface area contributed by atoms with Crippen molar-refractivity contribution in [2.75, 3.05) is 18.9 Å². The summed E-state index contributed by atoms with van der Waals surface area (Å²) in [7, 11) is 1.63. The average molecular weight is 427 g/mol. The summed E-state index contributed by atoms with van der Waals surface area (Å²) in [5.74, 6) is 0.392. The topological polar surface area (TPSA) is 67.2 Å². The number of rotatable bonds is 6. The fraction of sp³-hybridized carbons (Fsp3) is 0.192. The van der Waals surface area contributed by atoms with E-state index in [0.29, 0.717) is 5.56 Å². The molecule has 6 nitrogen and oxygen atoms in total. The summed E-state index contributed by atoms with van der Waals surface area (Å²) < 4.78 is 2.06. The molecule has 32 heavy (non-hydrogen) atoms. The largest absolute Gasteiger partial charge is 0.332 e. The van der Waals surface area contributed by atoms with E-state index in [1.165, 1.54) is 4.90 Å². The van der Waals surface area contributed by atoms with Gasteiger partial charge >= 0.3 is 0 Å². The zero-order valence-corrected chi connectivity index (χ0v) is 18.5. The molecule has 0 atom stereocenters. The summed E-state index contributed by atoms with van der Waals surface area (Å²) in [5, 5.41) is 2.91. The van der Waals surface area contributed by atoms with Gasteiger partial charge in [0, 0.05) is 24.0 Å². The maximum absolute atomic E-state index is 13.0. The van der Waals surface area contributed by atoms with E-state index in [2.05, 4.69) is 14.9 Å². The summed E-state index contributed by atoms with van der Waals surface area (Å²) in [6, 6.07) is 23.1. The SMILES string of the molecule is CCc1ccccc1NC(=O)CN(C)C(=O)c1ccc2c(c1)nc(C)n2-c1ccccc1. The molecule has 1 heterocycles. The molecule has 0 radical (unpaired) electrons. The molecule has 1 aromatic heterocycles. The zero-order valence-electron chi connectivity index (χ0n) is 18.5. The van der Waals surface area contributed by atoms with Crippen molar-refractivity contribution >= 4 is 28.5 Å². The third-order valence-corrected chi connectivity index (χ3v) is 5.48. The molecule has 0 aliphatic heterocycles. The minimum absolute atomic E-state index is 0.0353. The van der Waals surface area contributed by atoms with Crippen LogP contribution in [-0.4, -0.2) is 39.9 Å². The first-order valence-electron chi connectivity index (χ1n) is 10.7. The number of hydrogen-bond donors (Lipinski definition) is 1. The van der Waals surface area contributed by atoms with Crippen molar-refractivity contribution in [3.8, 4) is 5.69 Å². The summed E-state index contributed by atoms with van der Waals surface area (Å²) in [5.41, 5.74) is 5.04. The number of aryl methyl sites for hydroxylation is 2. The highest BCUT2D eigenvalue weighted by molar-refractivity contribution is 6.01. The van der Waals surface area contributed by atoms with Gasteiger partial charge < -0.3 is 10.2 Å². The van der Waals surface area contributed by atoms with Crippen molar-refractivity contribution in [2.24, 2.45) is 0 Å². The number of carbonyl (C=O) groups excluding carboxylic acids is 2. The van der Waals surface area contributed by atoms with Gasteiger partial charge in [0.1, 0.15) is 5.82 Å². The smallest absolute Gasteiger partial charge is 0.254 e. The molecule has 0 fully saturated rings. The van der Waals surface area contributed by atoms with Crippen molar-refractivity contribution in [1.29, 1.82) is 0 Å². The van der Waals surface area contributed by atoms with Crippen LogP contribution in [0.1, 0.15) is 28.7 Å². The van der Waals surface area contributed by atoms with Gasteiger partial charge in [0.25, 0.3) is 5.91 Å². The van der Waals surface area contributed by atoms with E-state index in [0.717, 1.165) is 40.2 Å². The minimum atomic E-state index is -0.230. The first kappa shape index (κ1) is 21.3. The van der Waals surface area contributed by atoms with Gasteiger partial charge in [-0.3, -0.25) is 14.2 Å². The molecule has 0 unspecified atom stereocenters. The Balaban J connectivity index is 1.51. The number of para-hydroxylation sites is 2. The summed E-state index contributed by atoms with van der Waals surface area (Å²) >= 11 is 0. The standard InChI is InChI=1S/C26H26N4O2/c1-4-19-10-8-9-13-22(19)28-25(31)17-29(3)26(32)20-14-15-24-23(16-20)27-18(2)30(24)21-11-6-5-7-12-21/h5-16H,4,17H2,1-3H3,(H,28,31). The maximum Gasteiger partial charge on any atom is 0.254 e. The van der Waals surface area contributed by atoms with Crippen molar-refractivity contribution < 1.29 is 9.59 Å². The van der Waals surface area contributed by atoms with Crippen LogP contribution in [0.3, 0.4) is 0 Å². The second-order valence-corrected chi connectivity index (χ2v) is 7.75. The Kier molecular flexibility index (Phi) is 6.03. The number of benzene rings is 3. The summed E-state index contributed by atoms with van der Waals surface area (Å²) in [6.45, 7) is 3.95. The molecule has 4 aromatic rings. The molecule has 162 valence electrons. The van der Waals surface area contributed by atoms with Gasteiger partial charge in [-0.05, 0) is 55.3 Å². The molecular weight excluding hydrogens is 400 g/mol. The third kappa shape index (κ3) is 4.25. The maximum atomic E-state index is 13.0. The van der Waals surface area contributed by atoms with E-state index < -0.39 is 0 Å². The van der Waals surface area contributed by atoms with Crippen LogP contribution in [-0.2, 0) is 11.2 Å². The van der Waals surface area contributed by atoms with Gasteiger partial charge in [0.15, 0.2) is 0 Å². The van der Waals surface area contributed by atoms with Gasteiger partial charge in [0.05, 0.1) is 17.6 Å². The first-order valence-corrected chi connectivity index (χ1v) is 10.7. The Hall–Kier alpha value is -3.93. The van der Waals surface area contributed by atoms with E-state index in [9.17, 15) is 9.59 Å². The Morgan fingerprint density at radius 1 is 1.00 bits per heavy atom. The van der Waals surface area contributed by atoms with E-state index >= 15 is 0 Å². The molecule has 3 aromatic carbocycles. The molecule has 0 saturated carbocycles. The van der Waals surface area contributed by atoms with Crippen LogP contribution in [0.5, 0.6) is 0 Å². The molecule has 4 rings (SSSR count). The Bertz CT molecular complexity index is 1280. The van der Waals surface area contributed by atoms with Crippen molar-refractivity contribution in [1.82, 2.24) is 14.5 Å². The number of likely N-dealkylation sites (N-methyl/N-ethyl adjacent to an activating group) is 1. The molecule has 6 heteroatoms. The second-order valence-electron chi connectivity index (χ2n) is 7.75. The van der Waals surface area contributed by atoms with Crippen molar-refractivity contribution in [3.05, 3.63) is 89.7 Å². The van der Waals surface area contributed by atoms with E-state index in [1.807, 2.05) is 74.5 Å². The number of aromatic nitrogens is 2. The van der Waals surface area contributed by atoms with E-state index in [1.54, 1.807) is 19.2 Å². The number of hydrogen-bond acceptors (Lipinski definition) is 3. The lowest BCUT2D eigenvalue weighted by molar-refractivity contribution is -0.116. The highest BCUT2D eigenvalue weighted by Gasteiger charge is 2.18. The highest BCUT2D eigenvalue weighted by atomic mass is 16.2. The lowest BCUT2D eigenvalue weighted by Crippen LogP contribution is -2.35. The zero-order chi connectivity index (χ0) is 22.7. The van der Waals surface area contributed by atoms with Gasteiger partial charge in [-0.25, -0.2) is 4.98 Å². The van der Waals surface area contributed by atoms with Crippen LogP contribution in [0.4, 0.5) is 5.69 Å². The molecular formula is C26H26N4O2. The van der Waals surface area contributed by atoms with Crippen molar-refractivity contribution in [3.63, 3.8) is 0 Å². The molecule has 0 spiro atoms. The van der Waals surface area contributed by atoms with Crippen LogP contribution >= 0.6 is 0 Å². The lowest BCUT2D eigenvalue weighted by Gasteiger charge is -2.18. The van der Waals surface area contributed by atoms with Crippen molar-refractivity contribution in [2.45, 2.75) is 20.3 Å². The van der Waals surface area contributed by atoms with Crippen LogP contribution in [0.25, 0.3) is 16.7 Å². The fourth-order valence-electron chi connectivity index (χ4n) is 3.88. The monoisotopic (exact) mass is 426 g/mol. The van der Waals surface area contributed by atoms with Crippen LogP contribution < -0.4 is 5.32 Å². The minimum Gasteiger partial charge on any atom is -0.332 e. The quantitative estimate of drug-likeness (QED) is 0.490. The predicted molar refractivity (Wildman–Crippen MR) is 127 cm³/mol. The van der Waals surface area contributed by atoms with E-state index in [-0.39, 0.29) is 18.4 Å². The number of anilines is 1. The molecule has 0 saturated heterocycles. The van der Waals surface area contributed by atoms with Gasteiger partial charge in [-0.1, -0.05) is 43.3 Å². The Morgan fingerprint density at radius 2 is 1.72 bits per heavy atom. The van der Waals surface area contributed by atoms with Crippen LogP contribution in [0.2, 0.25) is 0 Å². The second kappa shape index (κ2) is 9.06. The molecule has 0 aliphatic carbocycles. The van der Waals surface area contributed by atoms with Gasteiger partial charge in [-0.15, -0.1) is 0 Å². The highest BCUT2D eigenvalue weighted by Crippen LogP contribution is 2.23.